The van der Waals surface area contributed by atoms with E-state index in [0.717, 1.165) is 51.2 Å². The van der Waals surface area contributed by atoms with Gasteiger partial charge in [-0.05, 0) is 79.7 Å². The number of benzene rings is 2. The van der Waals surface area contributed by atoms with Crippen molar-refractivity contribution in [3.63, 3.8) is 0 Å². The van der Waals surface area contributed by atoms with Gasteiger partial charge >= 0.3 is 0 Å². The molecule has 33 heavy (non-hydrogen) atoms. The van der Waals surface area contributed by atoms with Crippen LogP contribution in [0.5, 0.6) is 5.75 Å². The monoisotopic (exact) mass is 456 g/mol. The molecule has 1 saturated heterocycles. The summed E-state index contributed by atoms with van der Waals surface area (Å²) >= 11 is 5.97. The quantitative estimate of drug-likeness (QED) is 0.393. The van der Waals surface area contributed by atoms with Crippen LogP contribution in [-0.2, 0) is 0 Å². The lowest BCUT2D eigenvalue weighted by molar-refractivity contribution is 0.160. The number of aromatic nitrogens is 1. The lowest BCUT2D eigenvalue weighted by atomic mass is 9.99. The lowest BCUT2D eigenvalue weighted by Crippen LogP contribution is -2.35. The summed E-state index contributed by atoms with van der Waals surface area (Å²) in [6.45, 7) is 10.3. The van der Waals surface area contributed by atoms with E-state index in [1.54, 1.807) is 0 Å². The highest BCUT2D eigenvalue weighted by molar-refractivity contribution is 6.30. The number of piperidine rings is 1. The minimum absolute atomic E-state index is 0.685. The molecule has 2 heterocycles. The fourth-order valence-electron chi connectivity index (χ4n) is 3.90. The molecule has 0 amide bonds. The van der Waals surface area contributed by atoms with E-state index in [1.807, 2.05) is 66.9 Å². The maximum absolute atomic E-state index is 6.06. The Hall–Kier alpha value is -3.06. The Morgan fingerprint density at radius 1 is 1.06 bits per heavy atom. The van der Waals surface area contributed by atoms with E-state index in [1.165, 1.54) is 25.9 Å². The highest BCUT2D eigenvalue weighted by Gasteiger charge is 2.15. The molecule has 168 valence electrons. The molecule has 1 aromatic heterocycles. The maximum Gasteiger partial charge on any atom is 0.126 e. The van der Waals surface area contributed by atoms with Crippen LogP contribution in [0.1, 0.15) is 36.6 Å². The Labute approximate surface area is 202 Å². The fourth-order valence-corrected chi connectivity index (χ4v) is 4.03. The van der Waals surface area contributed by atoms with Crippen LogP contribution >= 0.6 is 11.6 Å². The molecule has 0 atom stereocenters. The zero-order valence-electron chi connectivity index (χ0n) is 19.1. The zero-order chi connectivity index (χ0) is 23.0. The standard InChI is InChI=1S/C29H29ClN2O/c1-3-24-20-23(5-13-29(24)33-19-18-32-16-14-22(2)15-17-32)4-11-28-12-8-26(21-31-28)25-6-9-27(30)10-7-25/h3,5-10,12-13,20-22H,1,14-19H2,2H3. The minimum Gasteiger partial charge on any atom is -0.492 e. The van der Waals surface area contributed by atoms with Crippen molar-refractivity contribution in [3.8, 4) is 28.7 Å². The van der Waals surface area contributed by atoms with Crippen molar-refractivity contribution in [1.82, 2.24) is 9.88 Å². The van der Waals surface area contributed by atoms with Crippen molar-refractivity contribution in [1.29, 1.82) is 0 Å². The molecule has 1 aliphatic rings. The van der Waals surface area contributed by atoms with Crippen molar-refractivity contribution >= 4 is 17.7 Å². The zero-order valence-corrected chi connectivity index (χ0v) is 19.8. The Morgan fingerprint density at radius 2 is 1.82 bits per heavy atom. The normalized spacial score (nSPS) is 14.4. The van der Waals surface area contributed by atoms with Crippen molar-refractivity contribution in [3.05, 3.63) is 89.2 Å². The van der Waals surface area contributed by atoms with Crippen molar-refractivity contribution in [2.45, 2.75) is 19.8 Å². The van der Waals surface area contributed by atoms with Crippen LogP contribution in [0.2, 0.25) is 5.02 Å². The molecule has 0 saturated carbocycles. The largest absolute Gasteiger partial charge is 0.492 e. The van der Waals surface area contributed by atoms with E-state index in [-0.39, 0.29) is 0 Å². The van der Waals surface area contributed by atoms with Crippen LogP contribution in [0.3, 0.4) is 0 Å². The van der Waals surface area contributed by atoms with Gasteiger partial charge in [0.05, 0.1) is 0 Å². The van der Waals surface area contributed by atoms with Crippen molar-refractivity contribution in [2.75, 3.05) is 26.2 Å². The van der Waals surface area contributed by atoms with Crippen molar-refractivity contribution in [2.24, 2.45) is 5.92 Å². The van der Waals surface area contributed by atoms with E-state index >= 15 is 0 Å². The molecule has 0 aliphatic carbocycles. The first-order valence-corrected chi connectivity index (χ1v) is 11.8. The van der Waals surface area contributed by atoms with E-state index in [4.69, 9.17) is 16.3 Å². The molecule has 2 aromatic carbocycles. The summed E-state index contributed by atoms with van der Waals surface area (Å²) in [7, 11) is 0. The molecule has 0 bridgehead atoms. The summed E-state index contributed by atoms with van der Waals surface area (Å²) in [6.07, 6.45) is 6.22. The molecule has 0 unspecified atom stereocenters. The van der Waals surface area contributed by atoms with Gasteiger partial charge in [0.25, 0.3) is 0 Å². The van der Waals surface area contributed by atoms with Gasteiger partial charge in [0.2, 0.25) is 0 Å². The maximum atomic E-state index is 6.06. The van der Waals surface area contributed by atoms with Gasteiger partial charge in [0.1, 0.15) is 18.1 Å². The number of pyridine rings is 1. The Balaban J connectivity index is 1.37. The van der Waals surface area contributed by atoms with E-state index in [0.29, 0.717) is 6.61 Å². The number of likely N-dealkylation sites (tertiary alicyclic amines) is 1. The number of hydrogen-bond acceptors (Lipinski definition) is 3. The Morgan fingerprint density at radius 3 is 2.52 bits per heavy atom. The molecule has 4 rings (SSSR count). The molecule has 0 radical (unpaired) electrons. The molecule has 3 nitrogen and oxygen atoms in total. The summed E-state index contributed by atoms with van der Waals surface area (Å²) in [6, 6.07) is 17.7. The van der Waals surface area contributed by atoms with Gasteiger partial charge in [-0.25, -0.2) is 4.98 Å². The van der Waals surface area contributed by atoms with Gasteiger partial charge in [-0.2, -0.15) is 0 Å². The van der Waals surface area contributed by atoms with Gasteiger partial charge < -0.3 is 4.74 Å². The SMILES string of the molecule is C=Cc1cc(C#Cc2ccc(-c3ccc(Cl)cc3)cn2)ccc1OCCN1CCC(C)CC1. The summed E-state index contributed by atoms with van der Waals surface area (Å²) < 4.78 is 6.06. The molecule has 0 spiro atoms. The Kier molecular flexibility index (Phi) is 7.83. The Bertz CT molecular complexity index is 1130. The molecular formula is C29H29ClN2O. The van der Waals surface area contributed by atoms with E-state index in [2.05, 4.69) is 35.2 Å². The summed E-state index contributed by atoms with van der Waals surface area (Å²) in [5, 5.41) is 0.723. The van der Waals surface area contributed by atoms with Gasteiger partial charge in [-0.1, -0.05) is 55.3 Å². The van der Waals surface area contributed by atoms with Gasteiger partial charge in [0, 0.05) is 34.5 Å². The number of hydrogen-bond donors (Lipinski definition) is 0. The topological polar surface area (TPSA) is 25.4 Å². The third kappa shape index (κ3) is 6.48. The average molecular weight is 457 g/mol. The first-order valence-electron chi connectivity index (χ1n) is 11.5. The third-order valence-corrected chi connectivity index (χ3v) is 6.30. The second-order valence-corrected chi connectivity index (χ2v) is 8.95. The smallest absolute Gasteiger partial charge is 0.126 e. The molecule has 4 heteroatoms. The molecule has 0 N–H and O–H groups in total. The van der Waals surface area contributed by atoms with E-state index in [9.17, 15) is 0 Å². The predicted octanol–water partition coefficient (Wildman–Crippen LogP) is 6.56. The lowest BCUT2D eigenvalue weighted by Gasteiger charge is -2.30. The highest BCUT2D eigenvalue weighted by Crippen LogP contribution is 2.23. The van der Waals surface area contributed by atoms with Crippen LogP contribution in [0.25, 0.3) is 17.2 Å². The first kappa shape index (κ1) is 23.1. The second kappa shape index (κ2) is 11.2. The van der Waals surface area contributed by atoms with Gasteiger partial charge in [-0.3, -0.25) is 4.90 Å². The molecule has 1 aliphatic heterocycles. The first-order chi connectivity index (χ1) is 16.1. The predicted molar refractivity (Wildman–Crippen MR) is 138 cm³/mol. The summed E-state index contributed by atoms with van der Waals surface area (Å²) in [5.41, 5.74) is 4.70. The minimum atomic E-state index is 0.685. The number of nitrogens with zero attached hydrogens (tertiary/aromatic N) is 2. The van der Waals surface area contributed by atoms with Gasteiger partial charge in [-0.15, -0.1) is 0 Å². The van der Waals surface area contributed by atoms with Crippen LogP contribution in [0.15, 0.2) is 67.4 Å². The summed E-state index contributed by atoms with van der Waals surface area (Å²) in [5.74, 6) is 8.05. The number of rotatable bonds is 6. The summed E-state index contributed by atoms with van der Waals surface area (Å²) in [4.78, 5) is 6.97. The average Bonchev–Trinajstić information content (AvgIpc) is 2.85. The van der Waals surface area contributed by atoms with Crippen LogP contribution in [-0.4, -0.2) is 36.1 Å². The van der Waals surface area contributed by atoms with Crippen molar-refractivity contribution < 1.29 is 4.74 Å². The molecule has 1 fully saturated rings. The second-order valence-electron chi connectivity index (χ2n) is 8.52. The van der Waals surface area contributed by atoms with Crippen LogP contribution in [0, 0.1) is 17.8 Å². The number of halogens is 1. The third-order valence-electron chi connectivity index (χ3n) is 6.05. The number of ether oxygens (including phenoxy) is 1. The molecular weight excluding hydrogens is 428 g/mol. The van der Waals surface area contributed by atoms with E-state index < -0.39 is 0 Å². The fraction of sp³-hybridized carbons (Fsp3) is 0.276. The van der Waals surface area contributed by atoms with Crippen LogP contribution < -0.4 is 4.74 Å². The molecule has 3 aromatic rings. The van der Waals surface area contributed by atoms with Gasteiger partial charge in [0.15, 0.2) is 0 Å². The highest BCUT2D eigenvalue weighted by atomic mass is 35.5. The van der Waals surface area contributed by atoms with Crippen LogP contribution in [0.4, 0.5) is 0 Å².